The van der Waals surface area contributed by atoms with Gasteiger partial charge in [0.15, 0.2) is 17.3 Å². The number of benzene rings is 2. The quantitative estimate of drug-likeness (QED) is 0.613. The molecule has 2 aromatic carbocycles. The lowest BCUT2D eigenvalue weighted by Crippen LogP contribution is -2.12. The number of anilines is 1. The third-order valence-electron chi connectivity index (χ3n) is 4.73. The number of amides is 1. The summed E-state index contributed by atoms with van der Waals surface area (Å²) in [4.78, 5) is 12.0. The normalized spacial score (nSPS) is 16.0. The average molecular weight is 430 g/mol. The number of hydrogen-bond donors (Lipinski definition) is 2. The Balaban J connectivity index is 1.62. The number of thioether (sulfide) groups is 1. The van der Waals surface area contributed by atoms with Gasteiger partial charge in [-0.25, -0.2) is 0 Å². The van der Waals surface area contributed by atoms with Gasteiger partial charge >= 0.3 is 0 Å². The number of nitrogens with zero attached hydrogens (tertiary/aromatic N) is 1. The van der Waals surface area contributed by atoms with Gasteiger partial charge in [0.25, 0.3) is 0 Å². The van der Waals surface area contributed by atoms with E-state index in [2.05, 4.69) is 15.5 Å². The largest absolute Gasteiger partial charge is 0.493 e. The molecule has 0 aliphatic carbocycles. The van der Waals surface area contributed by atoms with Crippen molar-refractivity contribution < 1.29 is 14.3 Å². The molecular formula is C21H20ClN3O3S. The summed E-state index contributed by atoms with van der Waals surface area (Å²) in [6.07, 6.45) is 0. The summed E-state index contributed by atoms with van der Waals surface area (Å²) in [6.45, 7) is 2.30. The molecule has 0 radical (unpaired) electrons. The van der Waals surface area contributed by atoms with Gasteiger partial charge in [0.05, 0.1) is 18.1 Å². The Morgan fingerprint density at radius 1 is 1.24 bits per heavy atom. The summed E-state index contributed by atoms with van der Waals surface area (Å²) >= 11 is 7.77. The molecular weight excluding hydrogens is 410 g/mol. The molecule has 0 unspecified atom stereocenters. The molecule has 0 bridgehead atoms. The standard InChI is InChI=1S/C21H20ClN3O3S/c1-12-19-20(29-11-18(26)23-21(19)25-24-12)13-7-8-16(17(9-13)27-2)28-10-14-5-3-4-6-15(14)22/h3-9,20H,10-11H2,1-2H3,(H2,23,24,25,26)/t20-/m1/s1. The van der Waals surface area contributed by atoms with Crippen molar-refractivity contribution in [3.05, 3.63) is 69.9 Å². The van der Waals surface area contributed by atoms with Crippen LogP contribution in [0.4, 0.5) is 5.82 Å². The summed E-state index contributed by atoms with van der Waals surface area (Å²) in [5.41, 5.74) is 3.83. The number of ether oxygens (including phenoxy) is 2. The van der Waals surface area contributed by atoms with E-state index in [1.165, 1.54) is 0 Å². The molecule has 29 heavy (non-hydrogen) atoms. The minimum absolute atomic E-state index is 0.0470. The maximum Gasteiger partial charge on any atom is 0.235 e. The van der Waals surface area contributed by atoms with Gasteiger partial charge in [-0.1, -0.05) is 35.9 Å². The molecule has 0 fully saturated rings. The van der Waals surface area contributed by atoms with E-state index < -0.39 is 0 Å². The Labute approximate surface area is 177 Å². The number of carbonyl (C=O) groups excluding carboxylic acids is 1. The molecule has 0 spiro atoms. The first-order valence-electron chi connectivity index (χ1n) is 9.07. The van der Waals surface area contributed by atoms with Gasteiger partial charge < -0.3 is 14.8 Å². The minimum atomic E-state index is -0.0584. The first-order chi connectivity index (χ1) is 14.1. The van der Waals surface area contributed by atoms with Crippen LogP contribution in [0, 0.1) is 6.92 Å². The number of nitrogens with one attached hydrogen (secondary N) is 2. The predicted molar refractivity (Wildman–Crippen MR) is 115 cm³/mol. The van der Waals surface area contributed by atoms with Crippen LogP contribution in [0.2, 0.25) is 5.02 Å². The highest BCUT2D eigenvalue weighted by molar-refractivity contribution is 8.00. The zero-order valence-electron chi connectivity index (χ0n) is 16.0. The zero-order valence-corrected chi connectivity index (χ0v) is 17.6. The van der Waals surface area contributed by atoms with Crippen molar-refractivity contribution in [3.8, 4) is 11.5 Å². The zero-order chi connectivity index (χ0) is 20.4. The van der Waals surface area contributed by atoms with Crippen molar-refractivity contribution in [2.24, 2.45) is 0 Å². The van der Waals surface area contributed by atoms with E-state index in [-0.39, 0.29) is 11.2 Å². The smallest absolute Gasteiger partial charge is 0.235 e. The van der Waals surface area contributed by atoms with E-state index in [4.69, 9.17) is 21.1 Å². The van der Waals surface area contributed by atoms with Crippen LogP contribution >= 0.6 is 23.4 Å². The van der Waals surface area contributed by atoms with Gasteiger partial charge in [-0.3, -0.25) is 9.89 Å². The van der Waals surface area contributed by atoms with Gasteiger partial charge in [0.1, 0.15) is 6.61 Å². The number of aromatic nitrogens is 2. The number of H-pyrrole nitrogens is 1. The summed E-state index contributed by atoms with van der Waals surface area (Å²) in [5.74, 6) is 2.14. The minimum Gasteiger partial charge on any atom is -0.493 e. The molecule has 1 amide bonds. The van der Waals surface area contributed by atoms with Crippen LogP contribution in [0.25, 0.3) is 0 Å². The van der Waals surface area contributed by atoms with Crippen LogP contribution in [0.15, 0.2) is 42.5 Å². The van der Waals surface area contributed by atoms with Gasteiger partial charge in [0, 0.05) is 21.8 Å². The SMILES string of the molecule is COc1cc([C@H]2SCC(=O)Nc3n[nH]c(C)c32)ccc1OCc1ccccc1Cl. The van der Waals surface area contributed by atoms with Crippen molar-refractivity contribution in [1.82, 2.24) is 10.2 Å². The number of halogens is 1. The fourth-order valence-electron chi connectivity index (χ4n) is 3.26. The molecule has 1 aliphatic heterocycles. The van der Waals surface area contributed by atoms with E-state index in [9.17, 15) is 4.79 Å². The van der Waals surface area contributed by atoms with Crippen molar-refractivity contribution >= 4 is 35.1 Å². The third kappa shape index (κ3) is 4.06. The van der Waals surface area contributed by atoms with Crippen LogP contribution in [0.1, 0.15) is 27.6 Å². The second-order valence-electron chi connectivity index (χ2n) is 6.64. The number of hydrogen-bond acceptors (Lipinski definition) is 5. The fourth-order valence-corrected chi connectivity index (χ4v) is 4.64. The second kappa shape index (κ2) is 8.39. The van der Waals surface area contributed by atoms with E-state index in [1.54, 1.807) is 18.9 Å². The fraction of sp³-hybridized carbons (Fsp3) is 0.238. The van der Waals surface area contributed by atoms with Gasteiger partial charge in [-0.05, 0) is 30.7 Å². The lowest BCUT2D eigenvalue weighted by atomic mass is 10.0. The lowest BCUT2D eigenvalue weighted by molar-refractivity contribution is -0.113. The van der Waals surface area contributed by atoms with Crippen molar-refractivity contribution in [2.75, 3.05) is 18.2 Å². The van der Waals surface area contributed by atoms with Crippen molar-refractivity contribution in [2.45, 2.75) is 18.8 Å². The topological polar surface area (TPSA) is 76.2 Å². The second-order valence-corrected chi connectivity index (χ2v) is 8.14. The maximum atomic E-state index is 12.0. The molecule has 1 aliphatic rings. The number of aryl methyl sites for hydroxylation is 1. The molecule has 0 saturated heterocycles. The first-order valence-corrected chi connectivity index (χ1v) is 10.5. The Bertz CT molecular complexity index is 1050. The summed E-state index contributed by atoms with van der Waals surface area (Å²) in [5, 5.41) is 10.7. The summed E-state index contributed by atoms with van der Waals surface area (Å²) < 4.78 is 11.5. The Morgan fingerprint density at radius 3 is 2.86 bits per heavy atom. The molecule has 1 atom stereocenters. The van der Waals surface area contributed by atoms with E-state index >= 15 is 0 Å². The summed E-state index contributed by atoms with van der Waals surface area (Å²) in [6, 6.07) is 13.4. The molecule has 8 heteroatoms. The molecule has 2 heterocycles. The van der Waals surface area contributed by atoms with E-state index in [0.717, 1.165) is 22.4 Å². The Morgan fingerprint density at radius 2 is 2.07 bits per heavy atom. The Hall–Kier alpha value is -2.64. The Kier molecular flexibility index (Phi) is 5.69. The monoisotopic (exact) mass is 429 g/mol. The highest BCUT2D eigenvalue weighted by Crippen LogP contribution is 2.44. The van der Waals surface area contributed by atoms with Crippen molar-refractivity contribution in [3.63, 3.8) is 0 Å². The molecule has 3 aromatic rings. The van der Waals surface area contributed by atoms with Gasteiger partial charge in [-0.2, -0.15) is 5.10 Å². The number of carbonyl (C=O) groups is 1. The average Bonchev–Trinajstić information content (AvgIpc) is 2.98. The highest BCUT2D eigenvalue weighted by atomic mass is 35.5. The van der Waals surface area contributed by atoms with Crippen LogP contribution in [0.5, 0.6) is 11.5 Å². The summed E-state index contributed by atoms with van der Waals surface area (Å²) in [7, 11) is 1.61. The van der Waals surface area contributed by atoms with Crippen molar-refractivity contribution in [1.29, 1.82) is 0 Å². The molecule has 6 nitrogen and oxygen atoms in total. The molecule has 1 aromatic heterocycles. The van der Waals surface area contributed by atoms with E-state index in [0.29, 0.717) is 34.7 Å². The number of rotatable bonds is 5. The number of aromatic amines is 1. The van der Waals surface area contributed by atoms with Gasteiger partial charge in [-0.15, -0.1) is 11.8 Å². The predicted octanol–water partition coefficient (Wildman–Crippen LogP) is 4.73. The maximum absolute atomic E-state index is 12.0. The number of methoxy groups -OCH3 is 1. The first kappa shape index (κ1) is 19.7. The van der Waals surface area contributed by atoms with Crippen LogP contribution in [-0.4, -0.2) is 29.0 Å². The van der Waals surface area contributed by atoms with E-state index in [1.807, 2.05) is 49.4 Å². The molecule has 4 rings (SSSR count). The van der Waals surface area contributed by atoms with Crippen LogP contribution in [-0.2, 0) is 11.4 Å². The van der Waals surface area contributed by atoms with Crippen LogP contribution < -0.4 is 14.8 Å². The lowest BCUT2D eigenvalue weighted by Gasteiger charge is -2.18. The third-order valence-corrected chi connectivity index (χ3v) is 6.37. The van der Waals surface area contributed by atoms with Gasteiger partial charge in [0.2, 0.25) is 5.91 Å². The number of fused-ring (bicyclic) bond motifs is 1. The molecule has 2 N–H and O–H groups in total. The van der Waals surface area contributed by atoms with Crippen LogP contribution in [0.3, 0.4) is 0 Å². The highest BCUT2D eigenvalue weighted by Gasteiger charge is 2.28. The molecule has 0 saturated carbocycles. The molecule has 150 valence electrons.